The lowest BCUT2D eigenvalue weighted by atomic mass is 9.98. The average Bonchev–Trinajstić information content (AvgIpc) is 2.78. The highest BCUT2D eigenvalue weighted by molar-refractivity contribution is 5.49. The van der Waals surface area contributed by atoms with E-state index >= 15 is 0 Å². The maximum Gasteiger partial charge on any atom is 0.165 e. The van der Waals surface area contributed by atoms with Crippen LogP contribution in [0.5, 0.6) is 11.5 Å². The highest BCUT2D eigenvalue weighted by Crippen LogP contribution is 2.42. The summed E-state index contributed by atoms with van der Waals surface area (Å²) in [6.45, 7) is 1.57. The number of methoxy groups -OCH3 is 2. The minimum atomic E-state index is -0.308. The molecule has 1 aliphatic rings. The lowest BCUT2D eigenvalue weighted by Crippen LogP contribution is -2.21. The number of benzene rings is 1. The van der Waals surface area contributed by atoms with Gasteiger partial charge < -0.3 is 15.2 Å². The normalized spacial score (nSPS) is 23.6. The van der Waals surface area contributed by atoms with Gasteiger partial charge in [-0.25, -0.2) is 4.39 Å². The van der Waals surface area contributed by atoms with Crippen LogP contribution in [0.25, 0.3) is 0 Å². The molecule has 0 aromatic heterocycles. The summed E-state index contributed by atoms with van der Waals surface area (Å²) in [4.78, 5) is 2.19. The Kier molecular flexibility index (Phi) is 4.27. The molecule has 2 atom stereocenters. The smallest absolute Gasteiger partial charge is 0.165 e. The van der Waals surface area contributed by atoms with Gasteiger partial charge in [0.05, 0.1) is 14.2 Å². The SMILES string of the molecule is COc1cc(F)cc(C2CC(CN)CN2C)c1OC. The summed E-state index contributed by atoms with van der Waals surface area (Å²) >= 11 is 0. The summed E-state index contributed by atoms with van der Waals surface area (Å²) in [6, 6.07) is 2.99. The van der Waals surface area contributed by atoms with Crippen LogP contribution in [0.2, 0.25) is 0 Å². The molecule has 19 heavy (non-hydrogen) atoms. The van der Waals surface area contributed by atoms with Gasteiger partial charge in [-0.05, 0) is 32.0 Å². The predicted molar refractivity (Wildman–Crippen MR) is 72.0 cm³/mol. The minimum Gasteiger partial charge on any atom is -0.493 e. The summed E-state index contributed by atoms with van der Waals surface area (Å²) < 4.78 is 24.3. The fourth-order valence-electron chi connectivity index (χ4n) is 2.85. The Morgan fingerprint density at radius 3 is 2.63 bits per heavy atom. The summed E-state index contributed by atoms with van der Waals surface area (Å²) in [7, 11) is 5.12. The molecule has 1 aliphatic heterocycles. The standard InChI is InChI=1S/C14H21FN2O2/c1-17-8-9(7-16)4-12(17)11-5-10(15)6-13(18-2)14(11)19-3/h5-6,9,12H,4,7-8,16H2,1-3H3. The van der Waals surface area contributed by atoms with E-state index in [2.05, 4.69) is 4.90 Å². The molecule has 2 N–H and O–H groups in total. The number of rotatable bonds is 4. The van der Waals surface area contributed by atoms with E-state index in [1.165, 1.54) is 19.2 Å². The van der Waals surface area contributed by atoms with Crippen molar-refractivity contribution in [2.24, 2.45) is 11.7 Å². The van der Waals surface area contributed by atoms with Crippen LogP contribution in [0.1, 0.15) is 18.0 Å². The zero-order chi connectivity index (χ0) is 14.0. The van der Waals surface area contributed by atoms with Crippen LogP contribution in [-0.2, 0) is 0 Å². The lowest BCUT2D eigenvalue weighted by molar-refractivity contribution is 0.294. The quantitative estimate of drug-likeness (QED) is 0.904. The summed E-state index contributed by atoms with van der Waals surface area (Å²) in [5, 5.41) is 0. The second kappa shape index (κ2) is 5.75. The number of hydrogen-bond acceptors (Lipinski definition) is 4. The zero-order valence-electron chi connectivity index (χ0n) is 11.6. The van der Waals surface area contributed by atoms with Crippen molar-refractivity contribution >= 4 is 0 Å². The Morgan fingerprint density at radius 2 is 2.11 bits per heavy atom. The van der Waals surface area contributed by atoms with E-state index in [1.807, 2.05) is 7.05 Å². The second-order valence-electron chi connectivity index (χ2n) is 5.02. The first-order valence-electron chi connectivity index (χ1n) is 6.42. The van der Waals surface area contributed by atoms with Crippen LogP contribution in [-0.4, -0.2) is 39.3 Å². The van der Waals surface area contributed by atoms with Crippen molar-refractivity contribution in [1.29, 1.82) is 0 Å². The Labute approximate surface area is 113 Å². The van der Waals surface area contributed by atoms with Crippen LogP contribution in [0.3, 0.4) is 0 Å². The van der Waals surface area contributed by atoms with Gasteiger partial charge in [-0.1, -0.05) is 0 Å². The molecule has 1 fully saturated rings. The molecule has 0 spiro atoms. The first kappa shape index (κ1) is 14.1. The van der Waals surface area contributed by atoms with Gasteiger partial charge >= 0.3 is 0 Å². The average molecular weight is 268 g/mol. The summed E-state index contributed by atoms with van der Waals surface area (Å²) in [5.41, 5.74) is 6.57. The van der Waals surface area contributed by atoms with Gasteiger partial charge in [0.1, 0.15) is 5.82 Å². The second-order valence-corrected chi connectivity index (χ2v) is 5.02. The maximum absolute atomic E-state index is 13.7. The van der Waals surface area contributed by atoms with Crippen molar-refractivity contribution in [2.45, 2.75) is 12.5 Å². The highest BCUT2D eigenvalue weighted by Gasteiger charge is 2.32. The monoisotopic (exact) mass is 268 g/mol. The van der Waals surface area contributed by atoms with Gasteiger partial charge in [-0.3, -0.25) is 4.90 Å². The lowest BCUT2D eigenvalue weighted by Gasteiger charge is -2.23. The predicted octanol–water partition coefficient (Wildman–Crippen LogP) is 1.79. The number of likely N-dealkylation sites (tertiary alicyclic amines) is 1. The molecule has 5 heteroatoms. The van der Waals surface area contributed by atoms with Gasteiger partial charge in [0.2, 0.25) is 0 Å². The van der Waals surface area contributed by atoms with E-state index < -0.39 is 0 Å². The first-order valence-corrected chi connectivity index (χ1v) is 6.42. The molecule has 4 nitrogen and oxygen atoms in total. The van der Waals surface area contributed by atoms with E-state index in [0.717, 1.165) is 18.5 Å². The van der Waals surface area contributed by atoms with Crippen LogP contribution < -0.4 is 15.2 Å². The van der Waals surface area contributed by atoms with Crippen molar-refractivity contribution in [1.82, 2.24) is 4.90 Å². The number of nitrogens with zero attached hydrogens (tertiary/aromatic N) is 1. The third-order valence-electron chi connectivity index (χ3n) is 3.80. The van der Waals surface area contributed by atoms with Crippen molar-refractivity contribution in [3.8, 4) is 11.5 Å². The number of nitrogens with two attached hydrogens (primary N) is 1. The highest BCUT2D eigenvalue weighted by atomic mass is 19.1. The fraction of sp³-hybridized carbons (Fsp3) is 0.571. The summed E-state index contributed by atoms with van der Waals surface area (Å²) in [5.74, 6) is 1.17. The molecule has 1 saturated heterocycles. The first-order chi connectivity index (χ1) is 9.10. The summed E-state index contributed by atoms with van der Waals surface area (Å²) in [6.07, 6.45) is 0.913. The third kappa shape index (κ3) is 2.67. The minimum absolute atomic E-state index is 0.119. The molecule has 0 amide bonds. The maximum atomic E-state index is 13.7. The van der Waals surface area contributed by atoms with E-state index in [4.69, 9.17) is 15.2 Å². The Bertz CT molecular complexity index is 453. The fourth-order valence-corrected chi connectivity index (χ4v) is 2.85. The molecule has 1 aromatic carbocycles. The van der Waals surface area contributed by atoms with E-state index in [9.17, 15) is 4.39 Å². The molecular weight excluding hydrogens is 247 g/mol. The van der Waals surface area contributed by atoms with Crippen molar-refractivity contribution in [3.05, 3.63) is 23.5 Å². The van der Waals surface area contributed by atoms with Gasteiger partial charge in [-0.2, -0.15) is 0 Å². The van der Waals surface area contributed by atoms with Crippen molar-refractivity contribution < 1.29 is 13.9 Å². The van der Waals surface area contributed by atoms with Crippen molar-refractivity contribution in [2.75, 3.05) is 34.4 Å². The number of halogens is 1. The zero-order valence-corrected chi connectivity index (χ0v) is 11.6. The van der Waals surface area contributed by atoms with E-state index in [1.54, 1.807) is 7.11 Å². The van der Waals surface area contributed by atoms with E-state index in [-0.39, 0.29) is 11.9 Å². The largest absolute Gasteiger partial charge is 0.493 e. The molecule has 106 valence electrons. The van der Waals surface area contributed by atoms with Gasteiger partial charge in [0, 0.05) is 24.2 Å². The van der Waals surface area contributed by atoms with Crippen molar-refractivity contribution in [3.63, 3.8) is 0 Å². The molecule has 2 rings (SSSR count). The molecule has 0 bridgehead atoms. The van der Waals surface area contributed by atoms with Crippen LogP contribution in [0.15, 0.2) is 12.1 Å². The number of hydrogen-bond donors (Lipinski definition) is 1. The molecule has 1 heterocycles. The molecule has 0 aliphatic carbocycles. The topological polar surface area (TPSA) is 47.7 Å². The van der Waals surface area contributed by atoms with Gasteiger partial charge in [0.15, 0.2) is 11.5 Å². The van der Waals surface area contributed by atoms with Crippen LogP contribution in [0.4, 0.5) is 4.39 Å². The number of ether oxygens (including phenoxy) is 2. The Hall–Kier alpha value is -1.33. The third-order valence-corrected chi connectivity index (χ3v) is 3.80. The molecular formula is C14H21FN2O2. The van der Waals surface area contributed by atoms with Gasteiger partial charge in [0.25, 0.3) is 0 Å². The van der Waals surface area contributed by atoms with Gasteiger partial charge in [-0.15, -0.1) is 0 Å². The Morgan fingerprint density at radius 1 is 1.37 bits per heavy atom. The molecule has 0 radical (unpaired) electrons. The van der Waals surface area contributed by atoms with E-state index in [0.29, 0.717) is 24.0 Å². The molecule has 2 unspecified atom stereocenters. The molecule has 1 aromatic rings. The van der Waals surface area contributed by atoms with Crippen LogP contribution in [0, 0.1) is 11.7 Å². The van der Waals surface area contributed by atoms with Crippen LogP contribution >= 0.6 is 0 Å². The molecule has 0 saturated carbocycles. The Balaban J connectivity index is 2.41.